The first-order valence-corrected chi connectivity index (χ1v) is 9.82. The molecule has 0 rings (SSSR count). The van der Waals surface area contributed by atoms with Crippen LogP contribution in [-0.4, -0.2) is 12.1 Å². The Bertz CT molecular complexity index is 211. The molecule has 0 aromatic heterocycles. The van der Waals surface area contributed by atoms with E-state index in [1.54, 1.807) is 0 Å². The van der Waals surface area contributed by atoms with E-state index >= 15 is 0 Å². The summed E-state index contributed by atoms with van der Waals surface area (Å²) in [5.41, 5.74) is 12.6. The second-order valence-electron chi connectivity index (χ2n) is 7.85. The summed E-state index contributed by atoms with van der Waals surface area (Å²) in [6.45, 7) is 27.2. The molecular weight excluding hydrogens is 445 g/mol. The van der Waals surface area contributed by atoms with Gasteiger partial charge in [0.25, 0.3) is 0 Å². The van der Waals surface area contributed by atoms with Crippen LogP contribution < -0.4 is 0 Å². The van der Waals surface area contributed by atoms with Crippen LogP contribution in [0.1, 0.15) is 133 Å². The fraction of sp³-hybridized carbons (Fsp3) is 0.960. The SMILES string of the molecule is C.C.C.C.CC(C)CC(C)C.CC(C)N=N.CC(C)N=N.CCC(C)C.C[CH-]C.[Y]. The van der Waals surface area contributed by atoms with E-state index in [9.17, 15) is 0 Å². The van der Waals surface area contributed by atoms with Crippen LogP contribution in [0.4, 0.5) is 0 Å². The molecule has 0 atom stereocenters. The Morgan fingerprint density at radius 3 is 0.733 bits per heavy atom. The molecule has 0 aliphatic rings. The summed E-state index contributed by atoms with van der Waals surface area (Å²) < 4.78 is 0. The second-order valence-corrected chi connectivity index (χ2v) is 7.85. The molecule has 1 radical (unpaired) electrons. The van der Waals surface area contributed by atoms with Crippen molar-refractivity contribution in [1.29, 1.82) is 11.1 Å². The summed E-state index contributed by atoms with van der Waals surface area (Å²) in [6.07, 6.45) is 4.67. The van der Waals surface area contributed by atoms with Gasteiger partial charge in [-0.05, 0) is 51.9 Å². The van der Waals surface area contributed by atoms with Gasteiger partial charge in [0.05, 0.1) is 12.1 Å². The summed E-state index contributed by atoms with van der Waals surface area (Å²) in [6, 6.07) is 0.352. The van der Waals surface area contributed by atoms with Gasteiger partial charge in [0, 0.05) is 32.7 Å². The van der Waals surface area contributed by atoms with Crippen LogP contribution in [-0.2, 0) is 32.7 Å². The first kappa shape index (κ1) is 63.1. The predicted octanol–water partition coefficient (Wildman–Crippen LogP) is 11.4. The predicted molar refractivity (Wildman–Crippen MR) is 143 cm³/mol. The molecule has 0 aromatic rings. The topological polar surface area (TPSA) is 72.4 Å². The first-order chi connectivity index (χ1) is 11.4. The normalized spacial score (nSPS) is 7.67. The number of rotatable bonds is 5. The summed E-state index contributed by atoms with van der Waals surface area (Å²) in [7, 11) is 0. The van der Waals surface area contributed by atoms with Crippen molar-refractivity contribution < 1.29 is 32.7 Å². The largest absolute Gasteiger partial charge is 0.335 e. The zero-order valence-corrected chi connectivity index (χ0v) is 23.2. The monoisotopic (exact) mass is 512 g/mol. The van der Waals surface area contributed by atoms with E-state index in [4.69, 9.17) is 11.1 Å². The molecule has 0 saturated heterocycles. The molecule has 0 fully saturated rings. The molecular formula is C25H67N4Y-. The minimum atomic E-state index is 0. The van der Waals surface area contributed by atoms with Crippen LogP contribution >= 0.6 is 0 Å². The summed E-state index contributed by atoms with van der Waals surface area (Å²) >= 11 is 0. The summed E-state index contributed by atoms with van der Waals surface area (Å²) in [5, 5.41) is 6.28. The average molecular weight is 513 g/mol. The molecule has 0 aliphatic heterocycles. The third kappa shape index (κ3) is 199. The molecule has 5 heteroatoms. The molecule has 0 aliphatic carbocycles. The zero-order chi connectivity index (χ0) is 21.4. The zero-order valence-electron chi connectivity index (χ0n) is 20.4. The van der Waals surface area contributed by atoms with Gasteiger partial charge in [-0.3, -0.25) is 0 Å². The van der Waals surface area contributed by atoms with Gasteiger partial charge in [-0.1, -0.05) is 84.6 Å². The van der Waals surface area contributed by atoms with E-state index in [-0.39, 0.29) is 74.5 Å². The van der Waals surface area contributed by atoms with Crippen LogP contribution in [0.3, 0.4) is 0 Å². The van der Waals surface area contributed by atoms with Crippen molar-refractivity contribution in [3.05, 3.63) is 6.42 Å². The fourth-order valence-corrected chi connectivity index (χ4v) is 0.943. The third-order valence-corrected chi connectivity index (χ3v) is 2.28. The number of hydrogen-bond acceptors (Lipinski definition) is 4. The standard InChI is InChI=1S/C7H16.C5H12.2C3H8N2.C3H7.4CH4.Y/c1-6(2)5-7(3)4;1-4-5(2)3;2*1-3(2)5-4;1-3-2;;;;;/h6-7H,5H2,1-4H3;5H,4H2,1-3H3;2*3-4H,1-2H3;3H,1-2H3;4*1H4;/q;;;;-1;;;;;. The minimum Gasteiger partial charge on any atom is -0.335 e. The van der Waals surface area contributed by atoms with Gasteiger partial charge in [-0.25, -0.2) is 11.1 Å². The van der Waals surface area contributed by atoms with Crippen molar-refractivity contribution in [1.82, 2.24) is 0 Å². The van der Waals surface area contributed by atoms with Crippen LogP contribution in [0.5, 0.6) is 0 Å². The molecule has 0 unspecified atom stereocenters. The molecule has 0 saturated carbocycles. The van der Waals surface area contributed by atoms with Crippen molar-refractivity contribution in [2.45, 2.75) is 145 Å². The van der Waals surface area contributed by atoms with Crippen molar-refractivity contribution in [3.8, 4) is 0 Å². The van der Waals surface area contributed by atoms with Gasteiger partial charge in [0.2, 0.25) is 0 Å². The van der Waals surface area contributed by atoms with E-state index in [2.05, 4.69) is 58.7 Å². The maximum absolute atomic E-state index is 6.28. The molecule has 0 bridgehead atoms. The van der Waals surface area contributed by atoms with E-state index in [0.717, 1.165) is 17.8 Å². The molecule has 0 heterocycles. The van der Waals surface area contributed by atoms with Crippen LogP contribution in [0, 0.1) is 35.2 Å². The fourth-order valence-electron chi connectivity index (χ4n) is 0.943. The van der Waals surface area contributed by atoms with Crippen molar-refractivity contribution in [2.75, 3.05) is 0 Å². The Morgan fingerprint density at radius 2 is 0.733 bits per heavy atom. The molecule has 191 valence electrons. The maximum Gasteiger partial charge on any atom is 0.0649 e. The van der Waals surface area contributed by atoms with Gasteiger partial charge in [-0.15, -0.1) is 0 Å². The molecule has 4 nitrogen and oxygen atoms in total. The molecule has 0 aromatic carbocycles. The molecule has 2 N–H and O–H groups in total. The number of nitrogens with zero attached hydrogens (tertiary/aromatic N) is 2. The molecule has 0 amide bonds. The Morgan fingerprint density at radius 1 is 0.600 bits per heavy atom. The van der Waals surface area contributed by atoms with Gasteiger partial charge in [0.15, 0.2) is 0 Å². The maximum atomic E-state index is 6.28. The summed E-state index contributed by atoms with van der Waals surface area (Å²) in [4.78, 5) is 0. The van der Waals surface area contributed by atoms with Crippen molar-refractivity contribution >= 4 is 0 Å². The Hall–Kier alpha value is 0.304. The number of hydrogen-bond donors (Lipinski definition) is 2. The molecule has 0 spiro atoms. The van der Waals surface area contributed by atoms with Gasteiger partial charge in [-0.2, -0.15) is 24.1 Å². The van der Waals surface area contributed by atoms with Crippen molar-refractivity contribution in [3.63, 3.8) is 0 Å². The van der Waals surface area contributed by atoms with E-state index in [0.29, 0.717) is 0 Å². The van der Waals surface area contributed by atoms with Crippen LogP contribution in [0.25, 0.3) is 0 Å². The average Bonchev–Trinajstić information content (AvgIpc) is 2.48. The number of nitrogens with one attached hydrogen (secondary N) is 2. The van der Waals surface area contributed by atoms with E-state index in [1.165, 1.54) is 12.8 Å². The smallest absolute Gasteiger partial charge is 0.0649 e. The Labute approximate surface area is 221 Å². The molecule has 30 heavy (non-hydrogen) atoms. The first-order valence-electron chi connectivity index (χ1n) is 9.82. The van der Waals surface area contributed by atoms with Gasteiger partial charge < -0.3 is 6.42 Å². The van der Waals surface area contributed by atoms with Crippen molar-refractivity contribution in [2.24, 2.45) is 28.0 Å². The third-order valence-electron chi connectivity index (χ3n) is 2.28. The quantitative estimate of drug-likeness (QED) is 0.271. The van der Waals surface area contributed by atoms with E-state index < -0.39 is 0 Å². The Balaban J connectivity index is -0.0000000204. The minimum absolute atomic E-state index is 0. The Kier molecular flexibility index (Phi) is 120. The second kappa shape index (κ2) is 56.9. The van der Waals surface area contributed by atoms with Crippen LogP contribution in [0.15, 0.2) is 10.2 Å². The summed E-state index contributed by atoms with van der Waals surface area (Å²) in [5.74, 6) is 2.63. The van der Waals surface area contributed by atoms with E-state index in [1.807, 2.05) is 48.0 Å². The van der Waals surface area contributed by atoms with Crippen LogP contribution in [0.2, 0.25) is 0 Å². The van der Waals surface area contributed by atoms with Gasteiger partial charge in [0.1, 0.15) is 0 Å². The van der Waals surface area contributed by atoms with Gasteiger partial charge >= 0.3 is 0 Å².